The SMILES string of the molecule is Cc1cc(C)cc(C(=O)NCC(=O)N(C)CC(=O)NC(C)(C)C)c1. The van der Waals surface area contributed by atoms with Crippen molar-refractivity contribution < 1.29 is 14.4 Å². The highest BCUT2D eigenvalue weighted by atomic mass is 16.2. The van der Waals surface area contributed by atoms with Gasteiger partial charge in [0.25, 0.3) is 5.91 Å². The van der Waals surface area contributed by atoms with Crippen molar-refractivity contribution >= 4 is 17.7 Å². The number of rotatable bonds is 5. The van der Waals surface area contributed by atoms with Crippen LogP contribution < -0.4 is 10.6 Å². The van der Waals surface area contributed by atoms with Crippen LogP contribution in [0.2, 0.25) is 0 Å². The molecule has 0 fully saturated rings. The summed E-state index contributed by atoms with van der Waals surface area (Å²) in [7, 11) is 1.54. The van der Waals surface area contributed by atoms with E-state index in [1.54, 1.807) is 12.1 Å². The Kier molecular flexibility index (Phi) is 6.51. The predicted molar refractivity (Wildman–Crippen MR) is 93.8 cm³/mol. The first-order valence-corrected chi connectivity index (χ1v) is 7.89. The molecule has 3 amide bonds. The number of amides is 3. The molecular weight excluding hydrogens is 306 g/mol. The Balaban J connectivity index is 2.52. The predicted octanol–water partition coefficient (Wildman–Crippen LogP) is 1.41. The Morgan fingerprint density at radius 2 is 1.58 bits per heavy atom. The molecule has 0 saturated carbocycles. The number of carbonyl (C=O) groups excluding carboxylic acids is 3. The molecule has 0 aliphatic heterocycles. The third-order valence-electron chi connectivity index (χ3n) is 3.20. The number of likely N-dealkylation sites (N-methyl/N-ethyl adjacent to an activating group) is 1. The molecule has 0 heterocycles. The lowest BCUT2D eigenvalue weighted by Gasteiger charge is -2.23. The van der Waals surface area contributed by atoms with E-state index in [0.29, 0.717) is 5.56 Å². The Morgan fingerprint density at radius 1 is 1.04 bits per heavy atom. The van der Waals surface area contributed by atoms with Crippen LogP contribution in [-0.2, 0) is 9.59 Å². The lowest BCUT2D eigenvalue weighted by Crippen LogP contribution is -2.47. The van der Waals surface area contributed by atoms with Gasteiger partial charge in [0.05, 0.1) is 13.1 Å². The summed E-state index contributed by atoms with van der Waals surface area (Å²) >= 11 is 0. The van der Waals surface area contributed by atoms with E-state index in [-0.39, 0.29) is 36.3 Å². The van der Waals surface area contributed by atoms with Crippen molar-refractivity contribution in [1.82, 2.24) is 15.5 Å². The van der Waals surface area contributed by atoms with Crippen LogP contribution in [0.15, 0.2) is 18.2 Å². The van der Waals surface area contributed by atoms with Crippen molar-refractivity contribution in [2.45, 2.75) is 40.2 Å². The van der Waals surface area contributed by atoms with E-state index < -0.39 is 0 Å². The van der Waals surface area contributed by atoms with Crippen LogP contribution in [0, 0.1) is 13.8 Å². The lowest BCUT2D eigenvalue weighted by atomic mass is 10.1. The maximum atomic E-state index is 12.1. The van der Waals surface area contributed by atoms with E-state index in [2.05, 4.69) is 10.6 Å². The average molecular weight is 333 g/mol. The summed E-state index contributed by atoms with van der Waals surface area (Å²) in [5.74, 6) is -0.863. The summed E-state index contributed by atoms with van der Waals surface area (Å²) < 4.78 is 0. The van der Waals surface area contributed by atoms with Gasteiger partial charge in [-0.25, -0.2) is 0 Å². The van der Waals surface area contributed by atoms with Crippen molar-refractivity contribution in [2.24, 2.45) is 0 Å². The van der Waals surface area contributed by atoms with Crippen LogP contribution >= 0.6 is 0 Å². The largest absolute Gasteiger partial charge is 0.350 e. The van der Waals surface area contributed by atoms with E-state index in [9.17, 15) is 14.4 Å². The second-order valence-electron chi connectivity index (χ2n) is 7.11. The van der Waals surface area contributed by atoms with Gasteiger partial charge in [0, 0.05) is 18.2 Å². The smallest absolute Gasteiger partial charge is 0.251 e. The third-order valence-corrected chi connectivity index (χ3v) is 3.20. The molecule has 0 atom stereocenters. The minimum absolute atomic E-state index is 0.0461. The second kappa shape index (κ2) is 7.95. The number of aryl methyl sites for hydroxylation is 2. The average Bonchev–Trinajstić information content (AvgIpc) is 2.40. The van der Waals surface area contributed by atoms with Gasteiger partial charge in [-0.1, -0.05) is 17.2 Å². The fourth-order valence-electron chi connectivity index (χ4n) is 2.26. The van der Waals surface area contributed by atoms with E-state index in [4.69, 9.17) is 0 Å². The van der Waals surface area contributed by atoms with Crippen LogP contribution in [-0.4, -0.2) is 48.3 Å². The summed E-state index contributed by atoms with van der Waals surface area (Å²) in [5, 5.41) is 5.38. The number of nitrogens with one attached hydrogen (secondary N) is 2. The summed E-state index contributed by atoms with van der Waals surface area (Å²) in [5.41, 5.74) is 2.15. The van der Waals surface area contributed by atoms with Crippen molar-refractivity contribution in [3.8, 4) is 0 Å². The molecule has 1 aromatic rings. The molecule has 6 heteroatoms. The van der Waals surface area contributed by atoms with Crippen molar-refractivity contribution in [3.63, 3.8) is 0 Å². The van der Waals surface area contributed by atoms with E-state index in [1.807, 2.05) is 40.7 Å². The van der Waals surface area contributed by atoms with Gasteiger partial charge in [-0.2, -0.15) is 0 Å². The van der Waals surface area contributed by atoms with Gasteiger partial charge in [-0.05, 0) is 46.8 Å². The fraction of sp³-hybridized carbons (Fsp3) is 0.500. The van der Waals surface area contributed by atoms with Crippen LogP contribution in [0.5, 0.6) is 0 Å². The molecule has 0 aliphatic rings. The molecule has 0 unspecified atom stereocenters. The normalized spacial score (nSPS) is 10.9. The maximum Gasteiger partial charge on any atom is 0.251 e. The Morgan fingerprint density at radius 3 is 2.08 bits per heavy atom. The number of benzene rings is 1. The third kappa shape index (κ3) is 6.81. The zero-order chi connectivity index (χ0) is 18.5. The molecule has 1 rings (SSSR count). The second-order valence-corrected chi connectivity index (χ2v) is 7.11. The number of carbonyl (C=O) groups is 3. The fourth-order valence-corrected chi connectivity index (χ4v) is 2.26. The molecule has 0 bridgehead atoms. The van der Waals surface area contributed by atoms with Gasteiger partial charge < -0.3 is 15.5 Å². The van der Waals surface area contributed by atoms with Crippen LogP contribution in [0.4, 0.5) is 0 Å². The van der Waals surface area contributed by atoms with Crippen LogP contribution in [0.25, 0.3) is 0 Å². The van der Waals surface area contributed by atoms with Crippen molar-refractivity contribution in [1.29, 1.82) is 0 Å². The van der Waals surface area contributed by atoms with E-state index in [0.717, 1.165) is 11.1 Å². The van der Waals surface area contributed by atoms with Gasteiger partial charge in [-0.15, -0.1) is 0 Å². The van der Waals surface area contributed by atoms with Crippen LogP contribution in [0.1, 0.15) is 42.3 Å². The highest BCUT2D eigenvalue weighted by molar-refractivity contribution is 5.97. The van der Waals surface area contributed by atoms with Crippen molar-refractivity contribution in [3.05, 3.63) is 34.9 Å². The summed E-state index contributed by atoms with van der Waals surface area (Å²) in [6, 6.07) is 5.52. The minimum Gasteiger partial charge on any atom is -0.350 e. The van der Waals surface area contributed by atoms with Crippen LogP contribution in [0.3, 0.4) is 0 Å². The van der Waals surface area contributed by atoms with Crippen molar-refractivity contribution in [2.75, 3.05) is 20.1 Å². The Hall–Kier alpha value is -2.37. The molecule has 132 valence electrons. The molecule has 24 heavy (non-hydrogen) atoms. The summed E-state index contributed by atoms with van der Waals surface area (Å²) in [4.78, 5) is 37.3. The van der Waals surface area contributed by atoms with Gasteiger partial charge in [0.15, 0.2) is 0 Å². The van der Waals surface area contributed by atoms with E-state index >= 15 is 0 Å². The van der Waals surface area contributed by atoms with E-state index in [1.165, 1.54) is 11.9 Å². The minimum atomic E-state index is -0.349. The van der Waals surface area contributed by atoms with Gasteiger partial charge >= 0.3 is 0 Å². The first-order chi connectivity index (χ1) is 11.0. The molecule has 0 aliphatic carbocycles. The molecule has 0 aromatic heterocycles. The first kappa shape index (κ1) is 19.7. The van der Waals surface area contributed by atoms with Gasteiger partial charge in [0.1, 0.15) is 0 Å². The zero-order valence-corrected chi connectivity index (χ0v) is 15.3. The zero-order valence-electron chi connectivity index (χ0n) is 15.3. The number of hydrogen-bond donors (Lipinski definition) is 2. The molecule has 0 radical (unpaired) electrons. The lowest BCUT2D eigenvalue weighted by molar-refractivity contribution is -0.134. The quantitative estimate of drug-likeness (QED) is 0.855. The highest BCUT2D eigenvalue weighted by Gasteiger charge is 2.18. The first-order valence-electron chi connectivity index (χ1n) is 7.89. The summed E-state index contributed by atoms with van der Waals surface area (Å²) in [6.45, 7) is 9.25. The molecule has 6 nitrogen and oxygen atoms in total. The van der Waals surface area contributed by atoms with Gasteiger partial charge in [-0.3, -0.25) is 14.4 Å². The highest BCUT2D eigenvalue weighted by Crippen LogP contribution is 2.08. The maximum absolute atomic E-state index is 12.1. The van der Waals surface area contributed by atoms with Gasteiger partial charge in [0.2, 0.25) is 11.8 Å². The molecular formula is C18H27N3O3. The molecule has 0 saturated heterocycles. The Labute approximate surface area is 143 Å². The monoisotopic (exact) mass is 333 g/mol. The molecule has 0 spiro atoms. The molecule has 1 aromatic carbocycles. The number of hydrogen-bond acceptors (Lipinski definition) is 3. The molecule has 2 N–H and O–H groups in total. The number of nitrogens with zero attached hydrogens (tertiary/aromatic N) is 1. The topological polar surface area (TPSA) is 78.5 Å². The Bertz CT molecular complexity index is 613. The standard InChI is InChI=1S/C18H27N3O3/c1-12-7-13(2)9-14(8-12)17(24)19-10-16(23)21(6)11-15(22)20-18(3,4)5/h7-9H,10-11H2,1-6H3,(H,19,24)(H,20,22). The summed E-state index contributed by atoms with van der Waals surface area (Å²) in [6.07, 6.45) is 0.